The maximum Gasteiger partial charge on any atom is 0.165 e. The lowest BCUT2D eigenvalue weighted by atomic mass is 9.98. The number of hydrogen-bond acceptors (Lipinski definition) is 1. The molecule has 0 aliphatic heterocycles. The molecule has 0 saturated heterocycles. The zero-order valence-electron chi connectivity index (χ0n) is 9.22. The van der Waals surface area contributed by atoms with E-state index in [1.54, 1.807) is 6.07 Å². The Morgan fingerprint density at radius 1 is 1.25 bits per heavy atom. The van der Waals surface area contributed by atoms with Crippen molar-refractivity contribution in [3.8, 4) is 5.75 Å². The van der Waals surface area contributed by atoms with Gasteiger partial charge in [0.15, 0.2) is 11.6 Å². The molecule has 1 aromatic rings. The third-order valence-electron chi connectivity index (χ3n) is 3.03. The maximum absolute atomic E-state index is 13.6. The number of halogens is 2. The maximum atomic E-state index is 13.6. The zero-order valence-corrected chi connectivity index (χ0v) is 10.8. The van der Waals surface area contributed by atoms with Crippen LogP contribution in [-0.2, 0) is 5.33 Å². The van der Waals surface area contributed by atoms with Gasteiger partial charge in [-0.1, -0.05) is 34.5 Å². The summed E-state index contributed by atoms with van der Waals surface area (Å²) in [5.41, 5.74) is 0.894. The normalized spacial score (nSPS) is 17.4. The fourth-order valence-electron chi connectivity index (χ4n) is 2.14. The summed E-state index contributed by atoms with van der Waals surface area (Å²) < 4.78 is 19.4. The Kier molecular flexibility index (Phi) is 4.22. The van der Waals surface area contributed by atoms with Crippen LogP contribution in [0, 0.1) is 5.82 Å². The molecule has 0 radical (unpaired) electrons. The molecule has 2 rings (SSSR count). The molecule has 0 amide bonds. The smallest absolute Gasteiger partial charge is 0.165 e. The lowest BCUT2D eigenvalue weighted by Gasteiger charge is -2.24. The molecule has 16 heavy (non-hydrogen) atoms. The van der Waals surface area contributed by atoms with Crippen LogP contribution in [0.1, 0.15) is 37.7 Å². The van der Waals surface area contributed by atoms with Crippen LogP contribution in [0.5, 0.6) is 5.75 Å². The second kappa shape index (κ2) is 5.67. The third kappa shape index (κ3) is 2.76. The Morgan fingerprint density at radius 2 is 2.00 bits per heavy atom. The van der Waals surface area contributed by atoms with Gasteiger partial charge in [-0.2, -0.15) is 0 Å². The summed E-state index contributed by atoms with van der Waals surface area (Å²) >= 11 is 3.36. The van der Waals surface area contributed by atoms with E-state index in [0.717, 1.165) is 18.4 Å². The summed E-state index contributed by atoms with van der Waals surface area (Å²) in [5, 5.41) is 0.632. The molecule has 1 aliphatic carbocycles. The van der Waals surface area contributed by atoms with Crippen LogP contribution in [0.25, 0.3) is 0 Å². The molecule has 3 heteroatoms. The van der Waals surface area contributed by atoms with Crippen molar-refractivity contribution in [2.75, 3.05) is 0 Å². The summed E-state index contributed by atoms with van der Waals surface area (Å²) in [6, 6.07) is 5.08. The van der Waals surface area contributed by atoms with Gasteiger partial charge in [0.25, 0.3) is 0 Å². The molecule has 1 aliphatic rings. The average Bonchev–Trinajstić information content (AvgIpc) is 2.33. The minimum absolute atomic E-state index is 0.198. The number of alkyl halides is 1. The first-order valence-corrected chi connectivity index (χ1v) is 6.93. The van der Waals surface area contributed by atoms with E-state index in [4.69, 9.17) is 4.74 Å². The molecule has 0 N–H and O–H groups in total. The van der Waals surface area contributed by atoms with E-state index in [2.05, 4.69) is 15.9 Å². The van der Waals surface area contributed by atoms with Gasteiger partial charge in [-0.3, -0.25) is 0 Å². The average molecular weight is 287 g/mol. The standard InChI is InChI=1S/C13H16BrFO/c14-9-10-5-4-8-12(15)13(10)16-11-6-2-1-3-7-11/h4-5,8,11H,1-3,6-7,9H2. The highest BCUT2D eigenvalue weighted by Gasteiger charge is 2.18. The first kappa shape index (κ1) is 11.9. The molecule has 0 atom stereocenters. The summed E-state index contributed by atoms with van der Waals surface area (Å²) in [6.07, 6.45) is 5.98. The molecule has 1 nitrogen and oxygen atoms in total. The van der Waals surface area contributed by atoms with Crippen molar-refractivity contribution in [3.63, 3.8) is 0 Å². The highest BCUT2D eigenvalue weighted by Crippen LogP contribution is 2.29. The fraction of sp³-hybridized carbons (Fsp3) is 0.538. The Morgan fingerprint density at radius 3 is 2.69 bits per heavy atom. The van der Waals surface area contributed by atoms with Crippen molar-refractivity contribution in [1.82, 2.24) is 0 Å². The zero-order chi connectivity index (χ0) is 11.4. The van der Waals surface area contributed by atoms with E-state index in [0.29, 0.717) is 11.1 Å². The number of ether oxygens (including phenoxy) is 1. The lowest BCUT2D eigenvalue weighted by Crippen LogP contribution is -2.20. The van der Waals surface area contributed by atoms with E-state index in [9.17, 15) is 4.39 Å². The Hall–Kier alpha value is -0.570. The van der Waals surface area contributed by atoms with Gasteiger partial charge in [-0.25, -0.2) is 4.39 Å². The van der Waals surface area contributed by atoms with Crippen molar-refractivity contribution in [2.24, 2.45) is 0 Å². The van der Waals surface area contributed by atoms with Crippen LogP contribution in [-0.4, -0.2) is 6.10 Å². The summed E-state index contributed by atoms with van der Waals surface area (Å²) in [5.74, 6) is 0.189. The van der Waals surface area contributed by atoms with Crippen LogP contribution in [0.2, 0.25) is 0 Å². The highest BCUT2D eigenvalue weighted by atomic mass is 79.9. The molecular weight excluding hydrogens is 271 g/mol. The minimum Gasteiger partial charge on any atom is -0.487 e. The van der Waals surface area contributed by atoms with E-state index >= 15 is 0 Å². The second-order valence-electron chi connectivity index (χ2n) is 4.24. The van der Waals surface area contributed by atoms with Crippen LogP contribution in [0.15, 0.2) is 18.2 Å². The van der Waals surface area contributed by atoms with E-state index in [-0.39, 0.29) is 11.9 Å². The molecule has 1 saturated carbocycles. The molecule has 0 heterocycles. The highest BCUT2D eigenvalue weighted by molar-refractivity contribution is 9.08. The van der Waals surface area contributed by atoms with E-state index in [1.165, 1.54) is 25.3 Å². The largest absolute Gasteiger partial charge is 0.487 e. The van der Waals surface area contributed by atoms with E-state index in [1.807, 2.05) is 6.07 Å². The quantitative estimate of drug-likeness (QED) is 0.747. The number of hydrogen-bond donors (Lipinski definition) is 0. The predicted octanol–water partition coefficient (Wildman–Crippen LogP) is 4.43. The van der Waals surface area contributed by atoms with Crippen molar-refractivity contribution in [1.29, 1.82) is 0 Å². The Bertz CT molecular complexity index is 348. The van der Waals surface area contributed by atoms with Crippen LogP contribution >= 0.6 is 15.9 Å². The lowest BCUT2D eigenvalue weighted by molar-refractivity contribution is 0.147. The van der Waals surface area contributed by atoms with Crippen molar-refractivity contribution in [2.45, 2.75) is 43.5 Å². The first-order chi connectivity index (χ1) is 7.81. The summed E-state index contributed by atoms with van der Waals surface area (Å²) in [4.78, 5) is 0. The minimum atomic E-state index is -0.248. The molecule has 88 valence electrons. The van der Waals surface area contributed by atoms with Crippen molar-refractivity contribution >= 4 is 15.9 Å². The molecular formula is C13H16BrFO. The molecule has 0 unspecified atom stereocenters. The number of para-hydroxylation sites is 1. The first-order valence-electron chi connectivity index (χ1n) is 5.81. The van der Waals surface area contributed by atoms with Gasteiger partial charge >= 0.3 is 0 Å². The van der Waals surface area contributed by atoms with Crippen LogP contribution < -0.4 is 4.74 Å². The van der Waals surface area contributed by atoms with Gasteiger partial charge in [0.2, 0.25) is 0 Å². The van der Waals surface area contributed by atoms with Crippen molar-refractivity contribution in [3.05, 3.63) is 29.6 Å². The molecule has 1 fully saturated rings. The summed E-state index contributed by atoms with van der Waals surface area (Å²) in [6.45, 7) is 0. The van der Waals surface area contributed by atoms with Gasteiger partial charge < -0.3 is 4.74 Å². The molecule has 0 bridgehead atoms. The van der Waals surface area contributed by atoms with Crippen LogP contribution in [0.4, 0.5) is 4.39 Å². The van der Waals surface area contributed by atoms with Gasteiger partial charge in [0.05, 0.1) is 6.10 Å². The number of benzene rings is 1. The Labute approximate surface area is 104 Å². The third-order valence-corrected chi connectivity index (χ3v) is 3.63. The molecule has 1 aromatic carbocycles. The van der Waals surface area contributed by atoms with Gasteiger partial charge in [-0.05, 0) is 31.7 Å². The predicted molar refractivity (Wildman–Crippen MR) is 66.5 cm³/mol. The molecule has 0 aromatic heterocycles. The summed E-state index contributed by atoms with van der Waals surface area (Å²) in [7, 11) is 0. The fourth-order valence-corrected chi connectivity index (χ4v) is 2.58. The van der Waals surface area contributed by atoms with Crippen LogP contribution in [0.3, 0.4) is 0 Å². The van der Waals surface area contributed by atoms with Gasteiger partial charge in [0, 0.05) is 10.9 Å². The van der Waals surface area contributed by atoms with E-state index < -0.39 is 0 Å². The number of rotatable bonds is 3. The van der Waals surface area contributed by atoms with Gasteiger partial charge in [-0.15, -0.1) is 0 Å². The van der Waals surface area contributed by atoms with Crippen molar-refractivity contribution < 1.29 is 9.13 Å². The SMILES string of the molecule is Fc1cccc(CBr)c1OC1CCCCC1. The monoisotopic (exact) mass is 286 g/mol. The second-order valence-corrected chi connectivity index (χ2v) is 4.80. The Balaban J connectivity index is 2.12. The van der Waals surface area contributed by atoms with Gasteiger partial charge in [0.1, 0.15) is 0 Å². The topological polar surface area (TPSA) is 9.23 Å². The molecule has 0 spiro atoms.